The first-order valence-corrected chi connectivity index (χ1v) is 8.55. The van der Waals surface area contributed by atoms with Crippen molar-refractivity contribution in [2.75, 3.05) is 13.7 Å². The Balaban J connectivity index is 2.23. The maximum absolute atomic E-state index is 13.0. The average molecular weight is 360 g/mol. The minimum absolute atomic E-state index is 0.149. The van der Waals surface area contributed by atoms with Gasteiger partial charge in [0.05, 0.1) is 24.2 Å². The summed E-state index contributed by atoms with van der Waals surface area (Å²) in [4.78, 5) is 52.3. The summed E-state index contributed by atoms with van der Waals surface area (Å²) < 4.78 is 4.71. The first-order chi connectivity index (χ1) is 12.2. The highest BCUT2D eigenvalue weighted by Crippen LogP contribution is 2.25. The van der Waals surface area contributed by atoms with Crippen molar-refractivity contribution in [1.82, 2.24) is 9.80 Å². The molecule has 1 aromatic carbocycles. The zero-order valence-electron chi connectivity index (χ0n) is 15.7. The van der Waals surface area contributed by atoms with Gasteiger partial charge in [0.2, 0.25) is 5.91 Å². The molecule has 0 saturated carbocycles. The molecule has 2 unspecified atom stereocenters. The van der Waals surface area contributed by atoms with Crippen LogP contribution in [0.15, 0.2) is 24.3 Å². The van der Waals surface area contributed by atoms with Gasteiger partial charge in [-0.05, 0) is 32.9 Å². The van der Waals surface area contributed by atoms with Crippen molar-refractivity contribution in [3.05, 3.63) is 35.4 Å². The topological polar surface area (TPSA) is 84.0 Å². The van der Waals surface area contributed by atoms with Gasteiger partial charge >= 0.3 is 5.97 Å². The van der Waals surface area contributed by atoms with Crippen LogP contribution in [0.5, 0.6) is 0 Å². The standard InChI is InChI=1S/C19H24N2O5/c1-11(2)20(10-12(3)19(25)26-5)16(22)13(4)21-17(23)14-8-6-7-9-15(14)18(21)24/h6-9,11-13H,10H2,1-5H3. The lowest BCUT2D eigenvalue weighted by Crippen LogP contribution is -2.52. The second-order valence-electron chi connectivity index (χ2n) is 6.71. The summed E-state index contributed by atoms with van der Waals surface area (Å²) in [5, 5.41) is 0. The molecule has 0 aliphatic carbocycles. The van der Waals surface area contributed by atoms with Crippen LogP contribution in [0.3, 0.4) is 0 Å². The van der Waals surface area contributed by atoms with Crippen LogP contribution in [0.4, 0.5) is 0 Å². The third kappa shape index (κ3) is 3.47. The molecule has 7 nitrogen and oxygen atoms in total. The number of imide groups is 1. The molecular formula is C19H24N2O5. The van der Waals surface area contributed by atoms with E-state index in [4.69, 9.17) is 4.74 Å². The lowest BCUT2D eigenvalue weighted by molar-refractivity contribution is -0.147. The molecule has 2 atom stereocenters. The third-order valence-corrected chi connectivity index (χ3v) is 4.55. The van der Waals surface area contributed by atoms with Gasteiger partial charge in [-0.2, -0.15) is 0 Å². The zero-order chi connectivity index (χ0) is 19.6. The monoisotopic (exact) mass is 360 g/mol. The largest absolute Gasteiger partial charge is 0.469 e. The molecule has 1 heterocycles. The molecule has 1 aromatic rings. The van der Waals surface area contributed by atoms with Gasteiger partial charge in [-0.1, -0.05) is 19.1 Å². The number of esters is 1. The quantitative estimate of drug-likeness (QED) is 0.570. The summed E-state index contributed by atoms with van der Waals surface area (Å²) in [6, 6.07) is 5.34. The van der Waals surface area contributed by atoms with Crippen LogP contribution in [0.1, 0.15) is 48.4 Å². The van der Waals surface area contributed by atoms with E-state index in [-0.39, 0.29) is 18.5 Å². The molecule has 0 N–H and O–H groups in total. The lowest BCUT2D eigenvalue weighted by atomic mass is 10.1. The van der Waals surface area contributed by atoms with Crippen LogP contribution in [0, 0.1) is 5.92 Å². The van der Waals surface area contributed by atoms with E-state index in [1.807, 2.05) is 13.8 Å². The van der Waals surface area contributed by atoms with Gasteiger partial charge in [-0.25, -0.2) is 0 Å². The second-order valence-corrected chi connectivity index (χ2v) is 6.71. The maximum atomic E-state index is 13.0. The molecule has 2 rings (SSSR count). The number of hydrogen-bond acceptors (Lipinski definition) is 5. The van der Waals surface area contributed by atoms with E-state index in [9.17, 15) is 19.2 Å². The summed E-state index contributed by atoms with van der Waals surface area (Å²) in [6.07, 6.45) is 0. The Morgan fingerprint density at radius 2 is 1.54 bits per heavy atom. The molecule has 0 saturated heterocycles. The molecule has 1 aliphatic heterocycles. The molecule has 0 aromatic heterocycles. The van der Waals surface area contributed by atoms with Gasteiger partial charge in [0.1, 0.15) is 6.04 Å². The normalized spacial score (nSPS) is 15.7. The van der Waals surface area contributed by atoms with E-state index in [0.29, 0.717) is 11.1 Å². The van der Waals surface area contributed by atoms with Crippen LogP contribution in [0.25, 0.3) is 0 Å². The second kappa shape index (κ2) is 7.68. The van der Waals surface area contributed by atoms with Crippen LogP contribution in [-0.4, -0.2) is 59.2 Å². The number of benzene rings is 1. The minimum Gasteiger partial charge on any atom is -0.469 e. The number of carbonyl (C=O) groups is 4. The highest BCUT2D eigenvalue weighted by molar-refractivity contribution is 6.22. The summed E-state index contributed by atoms with van der Waals surface area (Å²) in [5.41, 5.74) is 0.604. The highest BCUT2D eigenvalue weighted by Gasteiger charge is 2.42. The van der Waals surface area contributed by atoms with Gasteiger partial charge in [0, 0.05) is 12.6 Å². The molecule has 140 valence electrons. The number of carbonyl (C=O) groups excluding carboxylic acids is 4. The molecule has 0 bridgehead atoms. The van der Waals surface area contributed by atoms with Crippen molar-refractivity contribution in [3.8, 4) is 0 Å². The number of amides is 3. The van der Waals surface area contributed by atoms with Crippen LogP contribution >= 0.6 is 0 Å². The van der Waals surface area contributed by atoms with E-state index >= 15 is 0 Å². The van der Waals surface area contributed by atoms with Crippen LogP contribution < -0.4 is 0 Å². The Kier molecular flexibility index (Phi) is 5.79. The summed E-state index contributed by atoms with van der Waals surface area (Å²) in [6.45, 7) is 6.98. The number of fused-ring (bicyclic) bond motifs is 1. The summed E-state index contributed by atoms with van der Waals surface area (Å²) in [5.74, 6) is -2.27. The zero-order valence-corrected chi connectivity index (χ0v) is 15.7. The number of nitrogens with zero attached hydrogens (tertiary/aromatic N) is 2. The number of methoxy groups -OCH3 is 1. The van der Waals surface area contributed by atoms with Crippen molar-refractivity contribution < 1.29 is 23.9 Å². The van der Waals surface area contributed by atoms with Gasteiger partial charge < -0.3 is 9.64 Å². The van der Waals surface area contributed by atoms with Crippen molar-refractivity contribution >= 4 is 23.7 Å². The SMILES string of the molecule is COC(=O)C(C)CN(C(=O)C(C)N1C(=O)c2ccccc2C1=O)C(C)C. The van der Waals surface area contributed by atoms with Crippen molar-refractivity contribution in [3.63, 3.8) is 0 Å². The molecule has 1 aliphatic rings. The van der Waals surface area contributed by atoms with Crippen LogP contribution in [-0.2, 0) is 14.3 Å². The lowest BCUT2D eigenvalue weighted by Gasteiger charge is -2.33. The number of rotatable bonds is 6. The minimum atomic E-state index is -0.963. The molecule has 3 amide bonds. The van der Waals surface area contributed by atoms with Crippen molar-refractivity contribution in [2.24, 2.45) is 5.92 Å². The van der Waals surface area contributed by atoms with Gasteiger partial charge in [0.15, 0.2) is 0 Å². The Labute approximate surface area is 152 Å². The first kappa shape index (κ1) is 19.6. The molecule has 0 fully saturated rings. The van der Waals surface area contributed by atoms with Gasteiger partial charge in [0.25, 0.3) is 11.8 Å². The predicted molar refractivity (Wildman–Crippen MR) is 94.4 cm³/mol. The first-order valence-electron chi connectivity index (χ1n) is 8.55. The third-order valence-electron chi connectivity index (χ3n) is 4.55. The van der Waals surface area contributed by atoms with E-state index in [1.54, 1.807) is 31.2 Å². The Bertz CT molecular complexity index is 708. The molecule has 0 radical (unpaired) electrons. The Morgan fingerprint density at radius 3 is 1.96 bits per heavy atom. The van der Waals surface area contributed by atoms with Gasteiger partial charge in [-0.3, -0.25) is 24.1 Å². The van der Waals surface area contributed by atoms with E-state index in [2.05, 4.69) is 0 Å². The summed E-state index contributed by atoms with van der Waals surface area (Å²) >= 11 is 0. The Morgan fingerprint density at radius 1 is 1.04 bits per heavy atom. The smallest absolute Gasteiger partial charge is 0.310 e. The average Bonchev–Trinajstić information content (AvgIpc) is 2.88. The maximum Gasteiger partial charge on any atom is 0.310 e. The molecule has 0 spiro atoms. The molecular weight excluding hydrogens is 336 g/mol. The van der Waals surface area contributed by atoms with E-state index < -0.39 is 29.7 Å². The molecule has 26 heavy (non-hydrogen) atoms. The fraction of sp³-hybridized carbons (Fsp3) is 0.474. The van der Waals surface area contributed by atoms with Crippen LogP contribution in [0.2, 0.25) is 0 Å². The predicted octanol–water partition coefficient (Wildman–Crippen LogP) is 1.72. The fourth-order valence-electron chi connectivity index (χ4n) is 3.04. The fourth-order valence-corrected chi connectivity index (χ4v) is 3.04. The van der Waals surface area contributed by atoms with E-state index in [0.717, 1.165) is 4.90 Å². The number of ether oxygens (including phenoxy) is 1. The Hall–Kier alpha value is -2.70. The van der Waals surface area contributed by atoms with Crippen molar-refractivity contribution in [1.29, 1.82) is 0 Å². The summed E-state index contributed by atoms with van der Waals surface area (Å²) in [7, 11) is 1.29. The van der Waals surface area contributed by atoms with Crippen molar-refractivity contribution in [2.45, 2.75) is 39.8 Å². The number of hydrogen-bond donors (Lipinski definition) is 0. The van der Waals surface area contributed by atoms with E-state index in [1.165, 1.54) is 18.9 Å². The molecule has 7 heteroatoms. The highest BCUT2D eigenvalue weighted by atomic mass is 16.5. The van der Waals surface area contributed by atoms with Gasteiger partial charge in [-0.15, -0.1) is 0 Å².